The van der Waals surface area contributed by atoms with Gasteiger partial charge in [-0.2, -0.15) is 0 Å². The zero-order valence-electron chi connectivity index (χ0n) is 17.4. The predicted molar refractivity (Wildman–Crippen MR) is 114 cm³/mol. The lowest BCUT2D eigenvalue weighted by Gasteiger charge is -2.38. The summed E-state index contributed by atoms with van der Waals surface area (Å²) in [6, 6.07) is 9.00. The van der Waals surface area contributed by atoms with Crippen molar-refractivity contribution in [2.24, 2.45) is 0 Å². The number of β-amino-alcohol motifs (C(OH)–C–C–N with tert-alkyl or cyclic N) is 1. The van der Waals surface area contributed by atoms with Crippen LogP contribution in [0.15, 0.2) is 47.2 Å². The van der Waals surface area contributed by atoms with Crippen LogP contribution in [0.25, 0.3) is 0 Å². The largest absolute Gasteiger partial charge is 0.488 e. The van der Waals surface area contributed by atoms with Crippen LogP contribution in [-0.4, -0.2) is 68.8 Å². The van der Waals surface area contributed by atoms with Crippen molar-refractivity contribution in [3.63, 3.8) is 0 Å². The molecule has 2 N–H and O–H groups in total. The zero-order valence-corrected chi connectivity index (χ0v) is 17.4. The van der Waals surface area contributed by atoms with E-state index in [1.807, 2.05) is 42.0 Å². The fourth-order valence-corrected chi connectivity index (χ4v) is 3.59. The third kappa shape index (κ3) is 4.97. The molecule has 0 aliphatic carbocycles. The van der Waals surface area contributed by atoms with E-state index in [0.29, 0.717) is 18.0 Å². The van der Waals surface area contributed by atoms with Crippen molar-refractivity contribution in [2.45, 2.75) is 25.5 Å². The Labute approximate surface area is 181 Å². The van der Waals surface area contributed by atoms with Gasteiger partial charge in [0.15, 0.2) is 0 Å². The van der Waals surface area contributed by atoms with Crippen LogP contribution in [0.1, 0.15) is 35.8 Å². The van der Waals surface area contributed by atoms with Crippen molar-refractivity contribution in [1.82, 2.24) is 19.6 Å². The molecule has 0 spiro atoms. The molecule has 3 heterocycles. The minimum atomic E-state index is -0.354. The monoisotopic (exact) mass is 422 g/mol. The zero-order chi connectivity index (χ0) is 21.6. The van der Waals surface area contributed by atoms with E-state index in [0.717, 1.165) is 36.6 Å². The molecule has 0 amide bonds. The average molecular weight is 422 g/mol. The fourth-order valence-electron chi connectivity index (χ4n) is 3.59. The number of aryl methyl sites for hydroxylation is 1. The molecular formula is C23H26N4O4. The number of aliphatic hydroxyl groups is 2. The molecule has 1 unspecified atom stereocenters. The highest BCUT2D eigenvalue weighted by molar-refractivity contribution is 5.42. The number of rotatable bonds is 8. The average Bonchev–Trinajstić information content (AvgIpc) is 3.42. The summed E-state index contributed by atoms with van der Waals surface area (Å²) in [6.45, 7) is 4.45. The lowest BCUT2D eigenvalue weighted by molar-refractivity contribution is 0.0107. The third-order valence-corrected chi connectivity index (χ3v) is 5.27. The molecule has 3 aromatic rings. The van der Waals surface area contributed by atoms with Crippen LogP contribution in [0.3, 0.4) is 0 Å². The maximum atomic E-state index is 9.85. The van der Waals surface area contributed by atoms with Gasteiger partial charge < -0.3 is 24.0 Å². The molecule has 1 aliphatic heterocycles. The number of likely N-dealkylation sites (tertiary alicyclic amines) is 1. The van der Waals surface area contributed by atoms with Gasteiger partial charge in [0.25, 0.3) is 0 Å². The smallest absolute Gasteiger partial charge is 0.210 e. The molecule has 31 heavy (non-hydrogen) atoms. The van der Waals surface area contributed by atoms with E-state index in [1.165, 1.54) is 0 Å². The number of aromatic nitrogens is 3. The third-order valence-electron chi connectivity index (χ3n) is 5.27. The summed E-state index contributed by atoms with van der Waals surface area (Å²) in [5.74, 6) is 8.16. The Balaban J connectivity index is 1.37. The Kier molecular flexibility index (Phi) is 6.67. The van der Waals surface area contributed by atoms with Crippen molar-refractivity contribution in [3.05, 3.63) is 65.6 Å². The van der Waals surface area contributed by atoms with E-state index in [-0.39, 0.29) is 25.4 Å². The van der Waals surface area contributed by atoms with Gasteiger partial charge in [0, 0.05) is 50.1 Å². The Hall–Kier alpha value is -3.12. The van der Waals surface area contributed by atoms with Crippen LogP contribution in [-0.2, 0) is 6.42 Å². The molecule has 162 valence electrons. The molecule has 8 nitrogen and oxygen atoms in total. The number of ether oxygens (including phenoxy) is 1. The molecule has 1 fully saturated rings. The minimum absolute atomic E-state index is 0.108. The molecule has 2 aromatic heterocycles. The maximum absolute atomic E-state index is 9.85. The maximum Gasteiger partial charge on any atom is 0.210 e. The molecule has 4 rings (SSSR count). The lowest BCUT2D eigenvalue weighted by Crippen LogP contribution is -2.54. The summed E-state index contributed by atoms with van der Waals surface area (Å²) in [5, 5.41) is 22.9. The highest BCUT2D eigenvalue weighted by Crippen LogP contribution is 2.20. The second kappa shape index (κ2) is 9.79. The van der Waals surface area contributed by atoms with E-state index in [9.17, 15) is 5.11 Å². The second-order valence-electron chi connectivity index (χ2n) is 7.42. The highest BCUT2D eigenvalue weighted by Gasteiger charge is 2.27. The summed E-state index contributed by atoms with van der Waals surface area (Å²) in [4.78, 5) is 6.45. The molecule has 0 saturated carbocycles. The van der Waals surface area contributed by atoms with E-state index in [4.69, 9.17) is 14.4 Å². The fraction of sp³-hybridized carbons (Fsp3) is 0.391. The van der Waals surface area contributed by atoms with Gasteiger partial charge in [-0.3, -0.25) is 4.90 Å². The molecule has 1 aliphatic rings. The van der Waals surface area contributed by atoms with E-state index in [2.05, 4.69) is 26.9 Å². The molecule has 0 bridgehead atoms. The van der Waals surface area contributed by atoms with E-state index in [1.54, 1.807) is 12.3 Å². The first-order valence-corrected chi connectivity index (χ1v) is 10.4. The summed E-state index contributed by atoms with van der Waals surface area (Å²) < 4.78 is 13.2. The van der Waals surface area contributed by atoms with Crippen LogP contribution in [0.5, 0.6) is 5.75 Å². The van der Waals surface area contributed by atoms with Crippen molar-refractivity contribution in [3.8, 4) is 17.6 Å². The van der Waals surface area contributed by atoms with Gasteiger partial charge in [0.05, 0.1) is 13.2 Å². The van der Waals surface area contributed by atoms with Gasteiger partial charge in [-0.05, 0) is 30.2 Å². The Morgan fingerprint density at radius 1 is 1.23 bits per heavy atom. The van der Waals surface area contributed by atoms with Crippen LogP contribution in [0.4, 0.5) is 0 Å². The Morgan fingerprint density at radius 3 is 2.74 bits per heavy atom. The van der Waals surface area contributed by atoms with Crippen molar-refractivity contribution in [2.75, 3.05) is 32.8 Å². The van der Waals surface area contributed by atoms with Gasteiger partial charge in [-0.25, -0.2) is 4.98 Å². The Morgan fingerprint density at radius 2 is 2.03 bits per heavy atom. The standard InChI is InChI=1S/C23H26N4O4/c1-2-23-24-9-10-27(23)22(16-29)21-13-19(31-25-21)8-5-17-3-6-18(7-4-17)30-20-14-26(15-20)11-12-28/h3-4,6-7,9-10,13,20,22,28-29H,2,11-12,14-16H2,1H3. The second-order valence-corrected chi connectivity index (χ2v) is 7.42. The van der Waals surface area contributed by atoms with Crippen LogP contribution in [0.2, 0.25) is 0 Å². The van der Waals surface area contributed by atoms with Gasteiger partial charge in [-0.15, -0.1) is 0 Å². The van der Waals surface area contributed by atoms with E-state index < -0.39 is 0 Å². The number of aliphatic hydroxyl groups excluding tert-OH is 2. The molecule has 1 saturated heterocycles. The lowest BCUT2D eigenvalue weighted by atomic mass is 10.1. The van der Waals surface area contributed by atoms with Crippen molar-refractivity contribution < 1.29 is 19.5 Å². The molecule has 0 radical (unpaired) electrons. The SMILES string of the molecule is CCc1nccn1C(CO)c1cc(C#Cc2ccc(OC3CN(CCO)C3)cc2)on1. The van der Waals surface area contributed by atoms with E-state index >= 15 is 0 Å². The van der Waals surface area contributed by atoms with Gasteiger partial charge in [0.1, 0.15) is 29.4 Å². The molecule has 8 heteroatoms. The first kappa shape index (κ1) is 21.1. The van der Waals surface area contributed by atoms with Crippen LogP contribution in [0, 0.1) is 11.8 Å². The summed E-state index contributed by atoms with van der Waals surface area (Å²) in [6.07, 6.45) is 4.47. The van der Waals surface area contributed by atoms with Crippen molar-refractivity contribution in [1.29, 1.82) is 0 Å². The molecular weight excluding hydrogens is 396 g/mol. The number of hydrogen-bond donors (Lipinski definition) is 2. The van der Waals surface area contributed by atoms with Gasteiger partial charge in [0.2, 0.25) is 5.76 Å². The van der Waals surface area contributed by atoms with Crippen LogP contribution >= 0.6 is 0 Å². The predicted octanol–water partition coefficient (Wildman–Crippen LogP) is 1.47. The van der Waals surface area contributed by atoms with Gasteiger partial charge in [-0.1, -0.05) is 18.0 Å². The molecule has 1 aromatic carbocycles. The van der Waals surface area contributed by atoms with Crippen LogP contribution < -0.4 is 4.74 Å². The minimum Gasteiger partial charge on any atom is -0.488 e. The highest BCUT2D eigenvalue weighted by atomic mass is 16.5. The number of imidazole rings is 1. The first-order valence-electron chi connectivity index (χ1n) is 10.4. The Bertz CT molecular complexity index is 1040. The quantitative estimate of drug-likeness (QED) is 0.531. The summed E-state index contributed by atoms with van der Waals surface area (Å²) in [7, 11) is 0. The summed E-state index contributed by atoms with van der Waals surface area (Å²) in [5.41, 5.74) is 1.45. The summed E-state index contributed by atoms with van der Waals surface area (Å²) >= 11 is 0. The molecule has 1 atom stereocenters. The normalized spacial score (nSPS) is 15.2. The van der Waals surface area contributed by atoms with Crippen molar-refractivity contribution >= 4 is 0 Å². The number of nitrogens with zero attached hydrogens (tertiary/aromatic N) is 4. The number of hydrogen-bond acceptors (Lipinski definition) is 7. The first-order chi connectivity index (χ1) is 15.2. The van der Waals surface area contributed by atoms with Gasteiger partial charge >= 0.3 is 0 Å². The topological polar surface area (TPSA) is 96.8 Å². The number of benzene rings is 1.